The van der Waals surface area contributed by atoms with Gasteiger partial charge in [0.15, 0.2) is 0 Å². The molecule has 0 saturated carbocycles. The molecule has 112 valence electrons. The lowest BCUT2D eigenvalue weighted by Crippen LogP contribution is -2.03. The number of hydrogen-bond donors (Lipinski definition) is 1. The van der Waals surface area contributed by atoms with Gasteiger partial charge in [-0.2, -0.15) is 0 Å². The Morgan fingerprint density at radius 2 is 1.70 bits per heavy atom. The van der Waals surface area contributed by atoms with Gasteiger partial charge in [0.25, 0.3) is 0 Å². The lowest BCUT2D eigenvalue weighted by molar-refractivity contribution is -0.115. The maximum atomic E-state index is 11.6. The van der Waals surface area contributed by atoms with Gasteiger partial charge in [-0.15, -0.1) is 0 Å². The van der Waals surface area contributed by atoms with E-state index in [1.54, 1.807) is 0 Å². The first kappa shape index (κ1) is 14.0. The Balaban J connectivity index is 1.90. The highest BCUT2D eigenvalue weighted by atomic mass is 35.5. The van der Waals surface area contributed by atoms with E-state index in [4.69, 9.17) is 11.6 Å². The van der Waals surface area contributed by atoms with Crippen LogP contribution in [-0.4, -0.2) is 5.91 Å². The largest absolute Gasteiger partial charge is 0.326 e. The third kappa shape index (κ3) is 2.51. The zero-order valence-electron chi connectivity index (χ0n) is 12.3. The molecule has 1 amide bonds. The Labute approximate surface area is 139 Å². The summed E-state index contributed by atoms with van der Waals surface area (Å²) in [7, 11) is 0. The van der Waals surface area contributed by atoms with E-state index in [0.29, 0.717) is 11.4 Å². The van der Waals surface area contributed by atoms with Gasteiger partial charge in [0.2, 0.25) is 5.91 Å². The minimum Gasteiger partial charge on any atom is -0.326 e. The molecule has 2 nitrogen and oxygen atoms in total. The summed E-state index contributed by atoms with van der Waals surface area (Å²) in [6.45, 7) is 0. The third-order valence-electron chi connectivity index (χ3n) is 4.12. The maximum absolute atomic E-state index is 11.6. The molecule has 0 atom stereocenters. The highest BCUT2D eigenvalue weighted by molar-refractivity contribution is 6.34. The van der Waals surface area contributed by atoms with Crippen molar-refractivity contribution in [1.29, 1.82) is 0 Å². The SMILES string of the molecule is O=C1Cc2cc(-c3c(Cl)cccc3-c3ccccc3)ccc2N1. The van der Waals surface area contributed by atoms with Crippen LogP contribution in [0.2, 0.25) is 5.02 Å². The first-order valence-electron chi connectivity index (χ1n) is 7.49. The summed E-state index contributed by atoms with van der Waals surface area (Å²) in [4.78, 5) is 11.6. The van der Waals surface area contributed by atoms with Crippen molar-refractivity contribution in [3.8, 4) is 22.3 Å². The van der Waals surface area contributed by atoms with Gasteiger partial charge in [0.1, 0.15) is 0 Å². The van der Waals surface area contributed by atoms with E-state index in [9.17, 15) is 4.79 Å². The second kappa shape index (κ2) is 5.56. The fraction of sp³-hybridized carbons (Fsp3) is 0.0500. The van der Waals surface area contributed by atoms with E-state index in [2.05, 4.69) is 29.6 Å². The van der Waals surface area contributed by atoms with Crippen LogP contribution in [0.4, 0.5) is 5.69 Å². The van der Waals surface area contributed by atoms with Crippen molar-refractivity contribution in [3.05, 3.63) is 77.3 Å². The van der Waals surface area contributed by atoms with Crippen LogP contribution >= 0.6 is 11.6 Å². The smallest absolute Gasteiger partial charge is 0.228 e. The zero-order chi connectivity index (χ0) is 15.8. The van der Waals surface area contributed by atoms with Crippen molar-refractivity contribution < 1.29 is 4.79 Å². The summed E-state index contributed by atoms with van der Waals surface area (Å²) in [5, 5.41) is 3.58. The summed E-state index contributed by atoms with van der Waals surface area (Å²) in [5.41, 5.74) is 6.17. The fourth-order valence-electron chi connectivity index (χ4n) is 3.06. The molecule has 23 heavy (non-hydrogen) atoms. The van der Waals surface area contributed by atoms with Crippen molar-refractivity contribution in [2.75, 3.05) is 5.32 Å². The summed E-state index contributed by atoms with van der Waals surface area (Å²) in [6, 6.07) is 22.2. The summed E-state index contributed by atoms with van der Waals surface area (Å²) >= 11 is 6.51. The molecule has 0 radical (unpaired) electrons. The number of hydrogen-bond acceptors (Lipinski definition) is 1. The van der Waals surface area contributed by atoms with E-state index >= 15 is 0 Å². The molecule has 1 aliphatic rings. The predicted molar refractivity (Wildman–Crippen MR) is 94.7 cm³/mol. The van der Waals surface area contributed by atoms with Crippen LogP contribution in [0.25, 0.3) is 22.3 Å². The monoisotopic (exact) mass is 319 g/mol. The van der Waals surface area contributed by atoms with Gasteiger partial charge < -0.3 is 5.32 Å². The molecule has 1 aliphatic heterocycles. The van der Waals surface area contributed by atoms with Crippen LogP contribution in [0.5, 0.6) is 0 Å². The van der Waals surface area contributed by atoms with E-state index < -0.39 is 0 Å². The first-order valence-corrected chi connectivity index (χ1v) is 7.87. The quantitative estimate of drug-likeness (QED) is 0.693. The zero-order valence-corrected chi connectivity index (χ0v) is 13.1. The Morgan fingerprint density at radius 3 is 2.52 bits per heavy atom. The molecule has 0 spiro atoms. The number of benzene rings is 3. The fourth-order valence-corrected chi connectivity index (χ4v) is 3.34. The van der Waals surface area contributed by atoms with Crippen molar-refractivity contribution >= 4 is 23.2 Å². The number of anilines is 1. The summed E-state index contributed by atoms with van der Waals surface area (Å²) in [5.74, 6) is 0.0413. The Morgan fingerprint density at radius 1 is 0.870 bits per heavy atom. The number of carbonyl (C=O) groups is 1. The number of nitrogens with one attached hydrogen (secondary N) is 1. The Hall–Kier alpha value is -2.58. The van der Waals surface area contributed by atoms with E-state index in [1.807, 2.05) is 42.5 Å². The topological polar surface area (TPSA) is 29.1 Å². The third-order valence-corrected chi connectivity index (χ3v) is 4.43. The van der Waals surface area contributed by atoms with E-state index in [-0.39, 0.29) is 5.91 Å². The second-order valence-corrected chi connectivity index (χ2v) is 6.03. The normalized spacial score (nSPS) is 12.8. The molecule has 3 aromatic carbocycles. The number of fused-ring (bicyclic) bond motifs is 1. The van der Waals surface area contributed by atoms with Crippen LogP contribution < -0.4 is 5.32 Å². The second-order valence-electron chi connectivity index (χ2n) is 5.63. The van der Waals surface area contributed by atoms with Gasteiger partial charge in [0, 0.05) is 16.3 Å². The van der Waals surface area contributed by atoms with Crippen LogP contribution in [0, 0.1) is 0 Å². The molecule has 3 heteroatoms. The van der Waals surface area contributed by atoms with Crippen molar-refractivity contribution in [1.82, 2.24) is 0 Å². The van der Waals surface area contributed by atoms with Gasteiger partial charge in [-0.05, 0) is 40.5 Å². The molecular formula is C20H14ClNO. The van der Waals surface area contributed by atoms with Crippen molar-refractivity contribution in [2.45, 2.75) is 6.42 Å². The highest BCUT2D eigenvalue weighted by Gasteiger charge is 2.19. The van der Waals surface area contributed by atoms with Gasteiger partial charge in [-0.3, -0.25) is 4.79 Å². The summed E-state index contributed by atoms with van der Waals surface area (Å²) in [6.07, 6.45) is 0.425. The van der Waals surface area contributed by atoms with E-state index in [1.165, 1.54) is 0 Å². The number of rotatable bonds is 2. The lowest BCUT2D eigenvalue weighted by atomic mass is 9.93. The maximum Gasteiger partial charge on any atom is 0.228 e. The van der Waals surface area contributed by atoms with Gasteiger partial charge in [-0.25, -0.2) is 0 Å². The molecule has 0 fully saturated rings. The van der Waals surface area contributed by atoms with Gasteiger partial charge in [-0.1, -0.05) is 60.1 Å². The van der Waals surface area contributed by atoms with Crippen molar-refractivity contribution in [3.63, 3.8) is 0 Å². The molecular weight excluding hydrogens is 306 g/mol. The van der Waals surface area contributed by atoms with E-state index in [0.717, 1.165) is 33.5 Å². The summed E-state index contributed by atoms with van der Waals surface area (Å²) < 4.78 is 0. The lowest BCUT2D eigenvalue weighted by Gasteiger charge is -2.13. The van der Waals surface area contributed by atoms with Gasteiger partial charge in [0.05, 0.1) is 6.42 Å². The molecule has 1 heterocycles. The standard InChI is InChI=1S/C20H14ClNO/c21-17-8-4-7-16(13-5-2-1-3-6-13)20(17)14-9-10-18-15(11-14)12-19(23)22-18/h1-11H,12H2,(H,22,23). The molecule has 1 N–H and O–H groups in total. The molecule has 0 bridgehead atoms. The van der Waals surface area contributed by atoms with Crippen LogP contribution in [0.15, 0.2) is 66.7 Å². The van der Waals surface area contributed by atoms with Gasteiger partial charge >= 0.3 is 0 Å². The van der Waals surface area contributed by atoms with Crippen LogP contribution in [-0.2, 0) is 11.2 Å². The number of amides is 1. The molecule has 0 aliphatic carbocycles. The predicted octanol–water partition coefficient (Wildman–Crippen LogP) is 5.17. The molecule has 0 unspecified atom stereocenters. The molecule has 0 aromatic heterocycles. The highest BCUT2D eigenvalue weighted by Crippen LogP contribution is 2.39. The van der Waals surface area contributed by atoms with Crippen LogP contribution in [0.3, 0.4) is 0 Å². The number of carbonyl (C=O) groups excluding carboxylic acids is 1. The van der Waals surface area contributed by atoms with Crippen LogP contribution in [0.1, 0.15) is 5.56 Å². The average Bonchev–Trinajstić information content (AvgIpc) is 2.94. The van der Waals surface area contributed by atoms with Crippen molar-refractivity contribution in [2.24, 2.45) is 0 Å². The number of halogens is 1. The first-order chi connectivity index (χ1) is 11.2. The average molecular weight is 320 g/mol. The minimum absolute atomic E-state index is 0.0413. The Bertz CT molecular complexity index is 903. The Kier molecular flexibility index (Phi) is 3.40. The molecule has 3 aromatic rings. The molecule has 0 saturated heterocycles. The minimum atomic E-state index is 0.0413. The molecule has 4 rings (SSSR count).